The summed E-state index contributed by atoms with van der Waals surface area (Å²) in [4.78, 5) is 27.3. The molecule has 0 radical (unpaired) electrons. The molecule has 0 unspecified atom stereocenters. The van der Waals surface area contributed by atoms with E-state index in [4.69, 9.17) is 9.97 Å². The molecule has 1 N–H and O–H groups in total. The lowest BCUT2D eigenvalue weighted by Gasteiger charge is -2.37. The number of aryl methyl sites for hydroxylation is 1. The molecule has 1 aliphatic carbocycles. The zero-order chi connectivity index (χ0) is 23.9. The third-order valence-corrected chi connectivity index (χ3v) is 6.60. The van der Waals surface area contributed by atoms with Crippen molar-refractivity contribution in [1.29, 1.82) is 0 Å². The largest absolute Gasteiger partial charge is 0.368 e. The maximum atomic E-state index is 13.3. The van der Waals surface area contributed by atoms with Gasteiger partial charge in [0, 0.05) is 44.0 Å². The van der Waals surface area contributed by atoms with E-state index in [0.29, 0.717) is 23.8 Å². The maximum absolute atomic E-state index is 13.3. The molecule has 34 heavy (non-hydrogen) atoms. The fourth-order valence-corrected chi connectivity index (χ4v) is 4.78. The number of anilines is 4. The van der Waals surface area contributed by atoms with Gasteiger partial charge in [0.15, 0.2) is 5.78 Å². The van der Waals surface area contributed by atoms with E-state index in [-0.39, 0.29) is 17.0 Å². The fourth-order valence-electron chi connectivity index (χ4n) is 4.78. The van der Waals surface area contributed by atoms with E-state index in [1.807, 2.05) is 43.3 Å². The van der Waals surface area contributed by atoms with Crippen molar-refractivity contribution in [2.75, 3.05) is 41.3 Å². The molecule has 0 bridgehead atoms. The number of nitrogens with zero attached hydrogens (tertiary/aromatic N) is 4. The summed E-state index contributed by atoms with van der Waals surface area (Å²) < 4.78 is 13.3. The van der Waals surface area contributed by atoms with E-state index in [0.717, 1.165) is 49.7 Å². The third kappa shape index (κ3) is 4.60. The molecule has 1 aromatic heterocycles. The molecule has 0 atom stereocenters. The molecule has 6 nitrogen and oxygen atoms in total. The SMILES string of the molecule is Cc1ccc(Nc2nc(N3CCN(c4ccc(F)cc4)CC3)nc3c2C(=O)CC(C)(C)C3)cc1. The normalized spacial score (nSPS) is 17.5. The van der Waals surface area contributed by atoms with Crippen LogP contribution in [0.15, 0.2) is 48.5 Å². The highest BCUT2D eigenvalue weighted by Crippen LogP contribution is 2.38. The molecule has 0 amide bonds. The lowest BCUT2D eigenvalue weighted by molar-refractivity contribution is 0.0911. The fraction of sp³-hybridized carbons (Fsp3) is 0.370. The summed E-state index contributed by atoms with van der Waals surface area (Å²) in [5.41, 5.74) is 4.40. The van der Waals surface area contributed by atoms with Crippen LogP contribution in [0.5, 0.6) is 0 Å². The monoisotopic (exact) mass is 459 g/mol. The Kier molecular flexibility index (Phi) is 5.71. The van der Waals surface area contributed by atoms with Gasteiger partial charge in [-0.15, -0.1) is 0 Å². The van der Waals surface area contributed by atoms with E-state index in [2.05, 4.69) is 29.0 Å². The van der Waals surface area contributed by atoms with Crippen LogP contribution < -0.4 is 15.1 Å². The first kappa shape index (κ1) is 22.3. The van der Waals surface area contributed by atoms with Gasteiger partial charge in [0.25, 0.3) is 0 Å². The Morgan fingerprint density at radius 2 is 1.53 bits per heavy atom. The van der Waals surface area contributed by atoms with Crippen LogP contribution in [0.3, 0.4) is 0 Å². The molecular weight excluding hydrogens is 429 g/mol. The zero-order valence-corrected chi connectivity index (χ0v) is 19.9. The molecule has 2 aliphatic rings. The van der Waals surface area contributed by atoms with Gasteiger partial charge < -0.3 is 15.1 Å². The average molecular weight is 460 g/mol. The molecule has 5 rings (SSSR count). The zero-order valence-electron chi connectivity index (χ0n) is 19.9. The summed E-state index contributed by atoms with van der Waals surface area (Å²) in [7, 11) is 0. The van der Waals surface area contributed by atoms with Crippen LogP contribution in [0.4, 0.5) is 27.5 Å². The summed E-state index contributed by atoms with van der Waals surface area (Å²) in [6.45, 7) is 9.35. The number of nitrogens with one attached hydrogen (secondary N) is 1. The predicted octanol–water partition coefficient (Wildman–Crippen LogP) is 5.15. The minimum Gasteiger partial charge on any atom is -0.368 e. The Labute approximate surface area is 199 Å². The van der Waals surface area contributed by atoms with Crippen molar-refractivity contribution in [3.05, 3.63) is 71.2 Å². The summed E-state index contributed by atoms with van der Waals surface area (Å²) in [6.07, 6.45) is 1.23. The van der Waals surface area contributed by atoms with Gasteiger partial charge >= 0.3 is 0 Å². The highest BCUT2D eigenvalue weighted by atomic mass is 19.1. The number of benzene rings is 2. The Balaban J connectivity index is 1.44. The van der Waals surface area contributed by atoms with Crippen LogP contribution >= 0.6 is 0 Å². The highest BCUT2D eigenvalue weighted by molar-refractivity contribution is 6.03. The number of Topliss-reactive ketones (excluding diaryl/α,β-unsaturated/α-hetero) is 1. The minimum atomic E-state index is -0.226. The Morgan fingerprint density at radius 3 is 2.21 bits per heavy atom. The highest BCUT2D eigenvalue weighted by Gasteiger charge is 2.35. The standard InChI is InChI=1S/C27H30FN5O/c1-18-4-8-20(9-5-18)29-25-24-22(16-27(2,3)17-23(24)34)30-26(31-25)33-14-12-32(13-15-33)21-10-6-19(28)7-11-21/h4-11H,12-17H2,1-3H3,(H,29,30,31). The lowest BCUT2D eigenvalue weighted by Crippen LogP contribution is -2.47. The molecule has 176 valence electrons. The summed E-state index contributed by atoms with van der Waals surface area (Å²) >= 11 is 0. The average Bonchev–Trinajstić information content (AvgIpc) is 2.80. The van der Waals surface area contributed by atoms with Crippen LogP contribution in [0.2, 0.25) is 0 Å². The van der Waals surface area contributed by atoms with Crippen molar-refractivity contribution in [3.63, 3.8) is 0 Å². The van der Waals surface area contributed by atoms with Crippen molar-refractivity contribution >= 4 is 28.9 Å². The first-order valence-corrected chi connectivity index (χ1v) is 11.8. The van der Waals surface area contributed by atoms with Gasteiger partial charge in [0.05, 0.1) is 11.3 Å². The number of fused-ring (bicyclic) bond motifs is 1. The van der Waals surface area contributed by atoms with Crippen LogP contribution in [0.1, 0.15) is 41.9 Å². The smallest absolute Gasteiger partial charge is 0.227 e. The van der Waals surface area contributed by atoms with E-state index < -0.39 is 0 Å². The number of rotatable bonds is 4. The number of carbonyl (C=O) groups is 1. The first-order valence-electron chi connectivity index (χ1n) is 11.8. The van der Waals surface area contributed by atoms with Crippen molar-refractivity contribution < 1.29 is 9.18 Å². The Hall–Kier alpha value is -3.48. The van der Waals surface area contributed by atoms with Gasteiger partial charge in [-0.25, -0.2) is 9.37 Å². The molecule has 0 spiro atoms. The molecule has 2 aromatic carbocycles. The van der Waals surface area contributed by atoms with Crippen LogP contribution in [-0.2, 0) is 6.42 Å². The number of ketones is 1. The van der Waals surface area contributed by atoms with Crippen LogP contribution in [0, 0.1) is 18.2 Å². The summed E-state index contributed by atoms with van der Waals surface area (Å²) in [6, 6.07) is 14.7. The number of carbonyl (C=O) groups excluding carboxylic acids is 1. The summed E-state index contributed by atoms with van der Waals surface area (Å²) in [5.74, 6) is 1.10. The molecular formula is C27H30FN5O. The molecule has 0 saturated carbocycles. The number of piperazine rings is 1. The van der Waals surface area contributed by atoms with E-state index in [1.165, 1.54) is 17.7 Å². The van der Waals surface area contributed by atoms with Gasteiger partial charge in [0.2, 0.25) is 5.95 Å². The molecule has 1 saturated heterocycles. The molecule has 2 heterocycles. The topological polar surface area (TPSA) is 61.4 Å². The molecule has 1 aliphatic heterocycles. The van der Waals surface area contributed by atoms with Crippen LogP contribution in [-0.4, -0.2) is 41.9 Å². The quantitative estimate of drug-likeness (QED) is 0.582. The van der Waals surface area contributed by atoms with Crippen molar-refractivity contribution in [2.45, 2.75) is 33.6 Å². The van der Waals surface area contributed by atoms with Gasteiger partial charge in [0.1, 0.15) is 11.6 Å². The molecule has 1 fully saturated rings. The van der Waals surface area contributed by atoms with E-state index >= 15 is 0 Å². The minimum absolute atomic E-state index is 0.0912. The van der Waals surface area contributed by atoms with Gasteiger partial charge in [-0.2, -0.15) is 4.98 Å². The third-order valence-electron chi connectivity index (χ3n) is 6.60. The van der Waals surface area contributed by atoms with Crippen LogP contribution in [0.25, 0.3) is 0 Å². The Morgan fingerprint density at radius 1 is 0.882 bits per heavy atom. The number of hydrogen-bond donors (Lipinski definition) is 1. The van der Waals surface area contributed by atoms with Crippen molar-refractivity contribution in [1.82, 2.24) is 9.97 Å². The molecule has 7 heteroatoms. The first-order chi connectivity index (χ1) is 16.3. The number of aromatic nitrogens is 2. The van der Waals surface area contributed by atoms with Gasteiger partial charge in [-0.05, 0) is 55.2 Å². The number of halogens is 1. The second kappa shape index (κ2) is 8.70. The Bertz CT molecular complexity index is 1200. The second-order valence-electron chi connectivity index (χ2n) is 10.1. The van der Waals surface area contributed by atoms with Gasteiger partial charge in [-0.1, -0.05) is 31.5 Å². The predicted molar refractivity (Wildman–Crippen MR) is 134 cm³/mol. The summed E-state index contributed by atoms with van der Waals surface area (Å²) in [5, 5.41) is 3.39. The maximum Gasteiger partial charge on any atom is 0.227 e. The van der Waals surface area contributed by atoms with Gasteiger partial charge in [-0.3, -0.25) is 4.79 Å². The van der Waals surface area contributed by atoms with E-state index in [1.54, 1.807) is 0 Å². The van der Waals surface area contributed by atoms with Crippen molar-refractivity contribution in [3.8, 4) is 0 Å². The number of hydrogen-bond acceptors (Lipinski definition) is 6. The second-order valence-corrected chi connectivity index (χ2v) is 10.1. The molecule has 3 aromatic rings. The van der Waals surface area contributed by atoms with Crippen molar-refractivity contribution in [2.24, 2.45) is 5.41 Å². The lowest BCUT2D eigenvalue weighted by atomic mass is 9.75. The van der Waals surface area contributed by atoms with E-state index in [9.17, 15) is 9.18 Å².